The molecule has 1 aromatic heterocycles. The summed E-state index contributed by atoms with van der Waals surface area (Å²) in [6, 6.07) is 19.8. The number of rotatable bonds is 13. The van der Waals surface area contributed by atoms with Crippen LogP contribution in [0.2, 0.25) is 0 Å². The first kappa shape index (κ1) is 33.5. The average molecular weight is 642 g/mol. The minimum absolute atomic E-state index is 0.0664. The summed E-state index contributed by atoms with van der Waals surface area (Å²) in [6.07, 6.45) is 2.80. The predicted octanol–water partition coefficient (Wildman–Crippen LogP) is 5.15. The van der Waals surface area contributed by atoms with Gasteiger partial charge in [0.05, 0.1) is 18.0 Å². The predicted molar refractivity (Wildman–Crippen MR) is 181 cm³/mol. The summed E-state index contributed by atoms with van der Waals surface area (Å²) in [6.45, 7) is 5.37. The van der Waals surface area contributed by atoms with Gasteiger partial charge in [0.15, 0.2) is 0 Å². The van der Waals surface area contributed by atoms with E-state index >= 15 is 0 Å². The van der Waals surface area contributed by atoms with Crippen molar-refractivity contribution in [1.29, 1.82) is 0 Å². The molecule has 1 aliphatic heterocycles. The standard InChI is InChI=1S/C36H43N5O6/c1-25-28(24-41(36(44)45)21-20-40-18-8-5-9-19-40)14-17-30-32(25)34(43)47-35(37-30)38-31(22-26-12-15-29(46-3)16-13-26)33(42)39(2)23-27-10-6-4-7-11-27/h4,6-7,10-17,31H,5,8-9,18-24H2,1-3H3,(H,37,38)(H,44,45)/t31-/m0/s1. The highest BCUT2D eigenvalue weighted by molar-refractivity contribution is 5.85. The molecular formula is C36H43N5O6. The number of piperidine rings is 1. The van der Waals surface area contributed by atoms with Gasteiger partial charge in [-0.05, 0) is 73.3 Å². The molecule has 5 rings (SSSR count). The maximum Gasteiger partial charge on any atom is 0.407 e. The molecule has 2 N–H and O–H groups in total. The number of likely N-dealkylation sites (N-methyl/N-ethyl adjacent to an activating group) is 1. The molecule has 0 spiro atoms. The van der Waals surface area contributed by atoms with Crippen LogP contribution in [0.1, 0.15) is 41.5 Å². The molecule has 4 aromatic rings. The molecule has 0 saturated carbocycles. The Kier molecular flexibility index (Phi) is 11.1. The van der Waals surface area contributed by atoms with Crippen LogP contribution in [0.15, 0.2) is 75.9 Å². The van der Waals surface area contributed by atoms with Crippen molar-refractivity contribution < 1.29 is 23.8 Å². The van der Waals surface area contributed by atoms with Gasteiger partial charge in [0.25, 0.3) is 6.01 Å². The van der Waals surface area contributed by atoms with Gasteiger partial charge >= 0.3 is 11.7 Å². The highest BCUT2D eigenvalue weighted by Crippen LogP contribution is 2.22. The molecule has 1 fully saturated rings. The molecular weight excluding hydrogens is 598 g/mol. The third-order valence-electron chi connectivity index (χ3n) is 8.77. The second kappa shape index (κ2) is 15.6. The van der Waals surface area contributed by atoms with Crippen LogP contribution >= 0.6 is 0 Å². The van der Waals surface area contributed by atoms with Gasteiger partial charge in [-0.1, -0.05) is 55.0 Å². The van der Waals surface area contributed by atoms with Crippen LogP contribution in [-0.2, 0) is 24.3 Å². The fraction of sp³-hybridized carbons (Fsp3) is 0.389. The largest absolute Gasteiger partial charge is 0.497 e. The number of carboxylic acid groups (broad SMARTS) is 1. The van der Waals surface area contributed by atoms with E-state index in [1.807, 2.05) is 54.6 Å². The molecule has 1 saturated heterocycles. The summed E-state index contributed by atoms with van der Waals surface area (Å²) in [4.78, 5) is 49.2. The number of ether oxygens (including phenoxy) is 1. The highest BCUT2D eigenvalue weighted by Gasteiger charge is 2.25. The SMILES string of the molecule is COc1ccc(C[C@H](Nc2nc3ccc(CN(CCN4CCCCC4)C(=O)O)c(C)c3c(=O)o2)C(=O)N(C)Cc2ccccc2)cc1. The number of amides is 2. The maximum atomic E-state index is 13.8. The summed E-state index contributed by atoms with van der Waals surface area (Å²) in [5.41, 5.74) is 2.99. The molecule has 1 atom stereocenters. The molecule has 0 radical (unpaired) electrons. The van der Waals surface area contributed by atoms with Gasteiger partial charge in [-0.15, -0.1) is 0 Å². The lowest BCUT2D eigenvalue weighted by Gasteiger charge is -2.29. The molecule has 248 valence electrons. The number of benzene rings is 3. The number of fused-ring (bicyclic) bond motifs is 1. The van der Waals surface area contributed by atoms with Crippen molar-refractivity contribution in [3.63, 3.8) is 0 Å². The van der Waals surface area contributed by atoms with Gasteiger partial charge in [-0.3, -0.25) is 4.79 Å². The molecule has 11 nitrogen and oxygen atoms in total. The number of aryl methyl sites for hydroxylation is 1. The summed E-state index contributed by atoms with van der Waals surface area (Å²) in [7, 11) is 3.33. The van der Waals surface area contributed by atoms with E-state index in [1.165, 1.54) is 11.3 Å². The molecule has 0 unspecified atom stereocenters. The van der Waals surface area contributed by atoms with E-state index < -0.39 is 17.8 Å². The summed E-state index contributed by atoms with van der Waals surface area (Å²) >= 11 is 0. The van der Waals surface area contributed by atoms with Crippen LogP contribution in [0.5, 0.6) is 5.75 Å². The van der Waals surface area contributed by atoms with Crippen LogP contribution in [0.4, 0.5) is 10.8 Å². The third kappa shape index (κ3) is 8.68. The smallest absolute Gasteiger partial charge is 0.407 e. The fourth-order valence-electron chi connectivity index (χ4n) is 6.04. The van der Waals surface area contributed by atoms with Gasteiger partial charge in [0.1, 0.15) is 11.8 Å². The van der Waals surface area contributed by atoms with Crippen molar-refractivity contribution in [2.75, 3.05) is 45.7 Å². The Morgan fingerprint density at radius 1 is 1.00 bits per heavy atom. The number of nitrogens with one attached hydrogen (secondary N) is 1. The number of hydrogen-bond acceptors (Lipinski definition) is 8. The lowest BCUT2D eigenvalue weighted by molar-refractivity contribution is -0.131. The Hall–Kier alpha value is -4.90. The van der Waals surface area contributed by atoms with Crippen molar-refractivity contribution in [1.82, 2.24) is 19.7 Å². The number of hydrogen-bond donors (Lipinski definition) is 2. The molecule has 1 aliphatic rings. The van der Waals surface area contributed by atoms with Crippen LogP contribution < -0.4 is 15.7 Å². The Morgan fingerprint density at radius 3 is 2.40 bits per heavy atom. The van der Waals surface area contributed by atoms with E-state index in [-0.39, 0.29) is 23.9 Å². The molecule has 2 amide bonds. The summed E-state index contributed by atoms with van der Waals surface area (Å²) in [5, 5.41) is 13.3. The van der Waals surface area contributed by atoms with Gasteiger partial charge < -0.3 is 34.3 Å². The molecule has 3 aromatic carbocycles. The van der Waals surface area contributed by atoms with Crippen LogP contribution in [0.3, 0.4) is 0 Å². The second-order valence-corrected chi connectivity index (χ2v) is 12.1. The lowest BCUT2D eigenvalue weighted by atomic mass is 10.0. The third-order valence-corrected chi connectivity index (χ3v) is 8.77. The fourth-order valence-corrected chi connectivity index (χ4v) is 6.04. The topological polar surface area (TPSA) is 128 Å². The van der Waals surface area contributed by atoms with E-state index in [0.29, 0.717) is 48.4 Å². The zero-order valence-electron chi connectivity index (χ0n) is 27.3. The number of likely N-dealkylation sites (tertiary alicyclic amines) is 1. The van der Waals surface area contributed by atoms with Crippen LogP contribution in [-0.4, -0.2) is 83.2 Å². The minimum atomic E-state index is -1.00. The van der Waals surface area contributed by atoms with E-state index in [0.717, 1.165) is 37.1 Å². The van der Waals surface area contributed by atoms with Gasteiger partial charge in [0.2, 0.25) is 5.91 Å². The first-order chi connectivity index (χ1) is 22.7. The van der Waals surface area contributed by atoms with E-state index in [2.05, 4.69) is 15.2 Å². The van der Waals surface area contributed by atoms with Crippen molar-refractivity contribution in [3.05, 3.63) is 99.4 Å². The first-order valence-electron chi connectivity index (χ1n) is 16.0. The molecule has 0 aliphatic carbocycles. The van der Waals surface area contributed by atoms with E-state index in [4.69, 9.17) is 9.15 Å². The Bertz CT molecular complexity index is 1720. The van der Waals surface area contributed by atoms with Crippen molar-refractivity contribution in [2.24, 2.45) is 0 Å². The first-order valence-corrected chi connectivity index (χ1v) is 16.0. The second-order valence-electron chi connectivity index (χ2n) is 12.1. The molecule has 0 bridgehead atoms. The number of aromatic nitrogens is 1. The van der Waals surface area contributed by atoms with Crippen LogP contribution in [0, 0.1) is 6.92 Å². The van der Waals surface area contributed by atoms with Crippen molar-refractivity contribution in [3.8, 4) is 5.75 Å². The monoisotopic (exact) mass is 641 g/mol. The van der Waals surface area contributed by atoms with Gasteiger partial charge in [0, 0.05) is 39.6 Å². The van der Waals surface area contributed by atoms with E-state index in [1.54, 1.807) is 38.1 Å². The lowest BCUT2D eigenvalue weighted by Crippen LogP contribution is -2.42. The molecule has 47 heavy (non-hydrogen) atoms. The number of nitrogens with zero attached hydrogens (tertiary/aromatic N) is 4. The average Bonchev–Trinajstić information content (AvgIpc) is 3.08. The number of carbonyl (C=O) groups excluding carboxylic acids is 1. The Labute approximate surface area is 274 Å². The maximum absolute atomic E-state index is 13.8. The van der Waals surface area contributed by atoms with Gasteiger partial charge in [-0.25, -0.2) is 9.59 Å². The van der Waals surface area contributed by atoms with Crippen LogP contribution in [0.25, 0.3) is 10.9 Å². The zero-order chi connectivity index (χ0) is 33.3. The van der Waals surface area contributed by atoms with Crippen molar-refractivity contribution in [2.45, 2.75) is 51.7 Å². The quantitative estimate of drug-likeness (QED) is 0.204. The normalized spacial score (nSPS) is 14.0. The number of anilines is 1. The number of methoxy groups -OCH3 is 1. The Morgan fingerprint density at radius 2 is 1.72 bits per heavy atom. The van der Waals surface area contributed by atoms with Gasteiger partial charge in [-0.2, -0.15) is 4.98 Å². The molecule has 11 heteroatoms. The van der Waals surface area contributed by atoms with E-state index in [9.17, 15) is 19.5 Å². The molecule has 2 heterocycles. The summed E-state index contributed by atoms with van der Waals surface area (Å²) in [5.74, 6) is 0.509. The minimum Gasteiger partial charge on any atom is -0.497 e. The van der Waals surface area contributed by atoms with Crippen molar-refractivity contribution >= 4 is 28.9 Å². The zero-order valence-corrected chi connectivity index (χ0v) is 27.3. The summed E-state index contributed by atoms with van der Waals surface area (Å²) < 4.78 is 10.9. The highest BCUT2D eigenvalue weighted by atomic mass is 16.5. The Balaban J connectivity index is 1.37. The number of carbonyl (C=O) groups is 2.